The molecule has 0 heterocycles. The van der Waals surface area contributed by atoms with E-state index in [1.165, 1.54) is 5.56 Å². The van der Waals surface area contributed by atoms with Gasteiger partial charge in [0, 0.05) is 13.6 Å². The van der Waals surface area contributed by atoms with Gasteiger partial charge in [-0.1, -0.05) is 55.8 Å². The standard InChI is InChI=1S/C23H30N2O3/c1-5-18-11-13-20(14-12-18)28-16-22(26)25(21(6-2)23(27)24-4)15-19-9-7-17(3)8-10-19/h7-14,21H,5-6,15-16H2,1-4H3,(H,24,27)/t21-/m0/s1. The number of nitrogens with zero attached hydrogens (tertiary/aromatic N) is 1. The molecule has 0 unspecified atom stereocenters. The molecule has 0 bridgehead atoms. The van der Waals surface area contributed by atoms with Crippen LogP contribution in [0.2, 0.25) is 0 Å². The first-order chi connectivity index (χ1) is 13.5. The second kappa shape index (κ2) is 10.5. The summed E-state index contributed by atoms with van der Waals surface area (Å²) >= 11 is 0. The Labute approximate surface area is 167 Å². The van der Waals surface area contributed by atoms with Crippen LogP contribution < -0.4 is 10.1 Å². The van der Waals surface area contributed by atoms with Crippen LogP contribution in [0, 0.1) is 6.92 Å². The summed E-state index contributed by atoms with van der Waals surface area (Å²) in [5.74, 6) is 0.264. The minimum atomic E-state index is -0.537. The van der Waals surface area contributed by atoms with Crippen LogP contribution in [0.3, 0.4) is 0 Å². The molecule has 2 rings (SSSR count). The van der Waals surface area contributed by atoms with E-state index in [0.717, 1.165) is 17.5 Å². The van der Waals surface area contributed by atoms with Crippen molar-refractivity contribution in [2.75, 3.05) is 13.7 Å². The predicted octanol–water partition coefficient (Wildman–Crippen LogP) is 3.49. The molecule has 2 aromatic carbocycles. The van der Waals surface area contributed by atoms with Gasteiger partial charge in [0.15, 0.2) is 6.61 Å². The number of nitrogens with one attached hydrogen (secondary N) is 1. The Morgan fingerprint density at radius 3 is 2.14 bits per heavy atom. The minimum absolute atomic E-state index is 0.106. The van der Waals surface area contributed by atoms with Crippen molar-refractivity contribution < 1.29 is 14.3 Å². The van der Waals surface area contributed by atoms with Crippen molar-refractivity contribution >= 4 is 11.8 Å². The number of hydrogen-bond acceptors (Lipinski definition) is 3. The lowest BCUT2D eigenvalue weighted by Gasteiger charge is -2.30. The first kappa shape index (κ1) is 21.5. The van der Waals surface area contributed by atoms with Gasteiger partial charge < -0.3 is 15.0 Å². The number of rotatable bonds is 9. The molecule has 150 valence electrons. The van der Waals surface area contributed by atoms with Crippen LogP contribution in [-0.2, 0) is 22.6 Å². The van der Waals surface area contributed by atoms with Gasteiger partial charge in [0.1, 0.15) is 11.8 Å². The molecular formula is C23H30N2O3. The summed E-state index contributed by atoms with van der Waals surface area (Å²) in [5, 5.41) is 2.66. The molecule has 0 aliphatic heterocycles. The monoisotopic (exact) mass is 382 g/mol. The predicted molar refractivity (Wildman–Crippen MR) is 111 cm³/mol. The number of likely N-dealkylation sites (N-methyl/N-ethyl adjacent to an activating group) is 1. The van der Waals surface area contributed by atoms with E-state index < -0.39 is 6.04 Å². The molecule has 5 nitrogen and oxygen atoms in total. The lowest BCUT2D eigenvalue weighted by atomic mass is 10.1. The third kappa shape index (κ3) is 5.84. The van der Waals surface area contributed by atoms with E-state index >= 15 is 0 Å². The fraction of sp³-hybridized carbons (Fsp3) is 0.391. The van der Waals surface area contributed by atoms with Crippen LogP contribution in [0.4, 0.5) is 0 Å². The van der Waals surface area contributed by atoms with E-state index in [-0.39, 0.29) is 18.4 Å². The molecule has 5 heteroatoms. The Hall–Kier alpha value is -2.82. The molecule has 0 aromatic heterocycles. The number of benzene rings is 2. The highest BCUT2D eigenvalue weighted by Gasteiger charge is 2.28. The van der Waals surface area contributed by atoms with E-state index in [1.54, 1.807) is 11.9 Å². The summed E-state index contributed by atoms with van der Waals surface area (Å²) in [6, 6.07) is 15.2. The van der Waals surface area contributed by atoms with Crippen molar-refractivity contribution in [1.82, 2.24) is 10.2 Å². The van der Waals surface area contributed by atoms with Crippen molar-refractivity contribution in [2.45, 2.75) is 46.2 Å². The Balaban J connectivity index is 2.14. The SMILES string of the molecule is CCc1ccc(OCC(=O)N(Cc2ccc(C)cc2)[C@@H](CC)C(=O)NC)cc1. The molecule has 2 amide bonds. The van der Waals surface area contributed by atoms with E-state index in [1.807, 2.05) is 62.4 Å². The van der Waals surface area contributed by atoms with Crippen LogP contribution in [0.1, 0.15) is 37.0 Å². The maximum Gasteiger partial charge on any atom is 0.261 e. The Morgan fingerprint density at radius 2 is 1.61 bits per heavy atom. The zero-order valence-electron chi connectivity index (χ0n) is 17.2. The quantitative estimate of drug-likeness (QED) is 0.722. The lowest BCUT2D eigenvalue weighted by Crippen LogP contribution is -2.49. The van der Waals surface area contributed by atoms with Crippen molar-refractivity contribution in [2.24, 2.45) is 0 Å². The van der Waals surface area contributed by atoms with E-state index in [0.29, 0.717) is 18.7 Å². The number of aryl methyl sites for hydroxylation is 2. The van der Waals surface area contributed by atoms with Crippen molar-refractivity contribution in [3.8, 4) is 5.75 Å². The fourth-order valence-electron chi connectivity index (χ4n) is 3.03. The number of hydrogen-bond donors (Lipinski definition) is 1. The summed E-state index contributed by atoms with van der Waals surface area (Å²) in [4.78, 5) is 26.9. The molecule has 0 spiro atoms. The van der Waals surface area contributed by atoms with Crippen molar-refractivity contribution in [3.05, 3.63) is 65.2 Å². The highest BCUT2D eigenvalue weighted by Crippen LogP contribution is 2.16. The van der Waals surface area contributed by atoms with E-state index in [2.05, 4.69) is 12.2 Å². The van der Waals surface area contributed by atoms with Gasteiger partial charge in [0.2, 0.25) is 5.91 Å². The Bertz CT molecular complexity index is 769. The van der Waals surface area contributed by atoms with E-state index in [4.69, 9.17) is 4.74 Å². The van der Waals surface area contributed by atoms with Crippen LogP contribution in [-0.4, -0.2) is 36.4 Å². The summed E-state index contributed by atoms with van der Waals surface area (Å²) in [5.41, 5.74) is 3.35. The molecule has 2 aromatic rings. The van der Waals surface area contributed by atoms with Gasteiger partial charge >= 0.3 is 0 Å². The van der Waals surface area contributed by atoms with Gasteiger partial charge in [-0.2, -0.15) is 0 Å². The lowest BCUT2D eigenvalue weighted by molar-refractivity contribution is -0.142. The normalized spacial score (nSPS) is 11.6. The summed E-state index contributed by atoms with van der Waals surface area (Å²) in [6.45, 7) is 6.27. The van der Waals surface area contributed by atoms with Crippen LogP contribution in [0.25, 0.3) is 0 Å². The zero-order valence-corrected chi connectivity index (χ0v) is 17.2. The maximum atomic E-state index is 13.0. The summed E-state index contributed by atoms with van der Waals surface area (Å²) in [6.07, 6.45) is 1.48. The smallest absolute Gasteiger partial charge is 0.261 e. The average molecular weight is 383 g/mol. The van der Waals surface area contributed by atoms with Gasteiger partial charge in [-0.15, -0.1) is 0 Å². The number of ether oxygens (including phenoxy) is 1. The van der Waals surface area contributed by atoms with Crippen LogP contribution in [0.5, 0.6) is 5.75 Å². The first-order valence-corrected chi connectivity index (χ1v) is 9.76. The molecule has 0 aliphatic rings. The minimum Gasteiger partial charge on any atom is -0.484 e. The topological polar surface area (TPSA) is 58.6 Å². The molecule has 0 radical (unpaired) electrons. The van der Waals surface area contributed by atoms with Crippen LogP contribution in [0.15, 0.2) is 48.5 Å². The van der Waals surface area contributed by atoms with Gasteiger partial charge in [-0.05, 0) is 43.0 Å². The number of carbonyl (C=O) groups excluding carboxylic acids is 2. The molecule has 28 heavy (non-hydrogen) atoms. The van der Waals surface area contributed by atoms with Gasteiger partial charge in [0.05, 0.1) is 0 Å². The zero-order chi connectivity index (χ0) is 20.5. The first-order valence-electron chi connectivity index (χ1n) is 9.76. The second-order valence-electron chi connectivity index (χ2n) is 6.83. The third-order valence-corrected chi connectivity index (χ3v) is 4.80. The molecule has 0 fully saturated rings. The maximum absolute atomic E-state index is 13.0. The van der Waals surface area contributed by atoms with Gasteiger partial charge in [-0.25, -0.2) is 0 Å². The molecule has 1 N–H and O–H groups in total. The Kier molecular flexibility index (Phi) is 8.05. The van der Waals surface area contributed by atoms with E-state index in [9.17, 15) is 9.59 Å². The number of carbonyl (C=O) groups is 2. The Morgan fingerprint density at radius 1 is 1.00 bits per heavy atom. The second-order valence-corrected chi connectivity index (χ2v) is 6.83. The van der Waals surface area contributed by atoms with Crippen LogP contribution >= 0.6 is 0 Å². The van der Waals surface area contributed by atoms with Crippen molar-refractivity contribution in [1.29, 1.82) is 0 Å². The number of amides is 2. The highest BCUT2D eigenvalue weighted by molar-refractivity contribution is 5.88. The molecule has 1 atom stereocenters. The molecule has 0 aliphatic carbocycles. The molecular weight excluding hydrogens is 352 g/mol. The fourth-order valence-corrected chi connectivity index (χ4v) is 3.03. The highest BCUT2D eigenvalue weighted by atomic mass is 16.5. The van der Waals surface area contributed by atoms with Gasteiger partial charge in [-0.3, -0.25) is 9.59 Å². The summed E-state index contributed by atoms with van der Waals surface area (Å²) in [7, 11) is 1.59. The van der Waals surface area contributed by atoms with Gasteiger partial charge in [0.25, 0.3) is 5.91 Å². The average Bonchev–Trinajstić information content (AvgIpc) is 2.73. The third-order valence-electron chi connectivity index (χ3n) is 4.80. The summed E-state index contributed by atoms with van der Waals surface area (Å²) < 4.78 is 5.69. The van der Waals surface area contributed by atoms with Crippen molar-refractivity contribution in [3.63, 3.8) is 0 Å². The molecule has 0 saturated carbocycles. The molecule has 0 saturated heterocycles. The largest absolute Gasteiger partial charge is 0.484 e.